The fourth-order valence-electron chi connectivity index (χ4n) is 5.43. The Hall–Kier alpha value is -3.90. The van der Waals surface area contributed by atoms with Crippen LogP contribution in [-0.4, -0.2) is 29.3 Å². The van der Waals surface area contributed by atoms with Crippen molar-refractivity contribution in [3.63, 3.8) is 0 Å². The lowest BCUT2D eigenvalue weighted by atomic mass is 9.96. The molecule has 2 aromatic carbocycles. The smallest absolute Gasteiger partial charge is 0.351 e. The van der Waals surface area contributed by atoms with E-state index < -0.39 is 33.8 Å². The number of halogens is 3. The van der Waals surface area contributed by atoms with Crippen LogP contribution in [0.4, 0.5) is 24.5 Å². The van der Waals surface area contributed by atoms with E-state index in [2.05, 4.69) is 15.0 Å². The summed E-state index contributed by atoms with van der Waals surface area (Å²) in [5.41, 5.74) is 3.90. The van der Waals surface area contributed by atoms with E-state index in [1.165, 1.54) is 12.1 Å². The molecule has 2 aromatic heterocycles. The Balaban J connectivity index is 1.68. The summed E-state index contributed by atoms with van der Waals surface area (Å²) in [7, 11) is -3.48. The van der Waals surface area contributed by atoms with Gasteiger partial charge in [-0.05, 0) is 92.6 Å². The zero-order valence-corrected chi connectivity index (χ0v) is 24.3. The maximum atomic E-state index is 14.0. The molecule has 12 heteroatoms. The number of hydrogen-bond acceptors (Lipinski definition) is 4. The van der Waals surface area contributed by atoms with Crippen LogP contribution in [0.2, 0.25) is 0 Å². The van der Waals surface area contributed by atoms with E-state index in [4.69, 9.17) is 12.2 Å². The molecule has 0 radical (unpaired) electrons. The second-order valence-corrected chi connectivity index (χ2v) is 12.2. The molecule has 7 nitrogen and oxygen atoms in total. The number of benzene rings is 2. The number of alkyl halides is 3. The highest BCUT2D eigenvalue weighted by atomic mass is 32.2. The summed E-state index contributed by atoms with van der Waals surface area (Å²) >= 11 is 5.81. The average Bonchev–Trinajstić information content (AvgIpc) is 3.39. The lowest BCUT2D eigenvalue weighted by Crippen LogP contribution is -2.29. The number of hydrogen-bond donors (Lipinski definition) is 2. The van der Waals surface area contributed by atoms with Crippen LogP contribution in [0.15, 0.2) is 72.9 Å². The topological polar surface area (TPSA) is 79.3 Å². The van der Waals surface area contributed by atoms with Gasteiger partial charge in [0.15, 0.2) is 5.11 Å². The standard InChI is InChI=1S/C29H28F3N5O2S2/c1-17-15-20(12-13-23(17)35-41(4,38)39)37-27(26(34-28(37)40)24-10-7-8-14-33-24)21-16-18(2)36(19(21)3)25-11-6-5-9-22(25)29(30,31)32/h5-16,26-27,35H,1-4H3,(H,34,40)/t26-,27+/m1/s1. The van der Waals surface area contributed by atoms with Crippen molar-refractivity contribution in [2.24, 2.45) is 0 Å². The summed E-state index contributed by atoms with van der Waals surface area (Å²) < 4.78 is 69.8. The molecule has 2 N–H and O–H groups in total. The van der Waals surface area contributed by atoms with Gasteiger partial charge in [-0.25, -0.2) is 8.42 Å². The van der Waals surface area contributed by atoms with Gasteiger partial charge < -0.3 is 14.8 Å². The van der Waals surface area contributed by atoms with Crippen LogP contribution in [0.25, 0.3) is 5.69 Å². The zero-order chi connectivity index (χ0) is 29.7. The van der Waals surface area contributed by atoms with Crippen molar-refractivity contribution in [3.05, 3.63) is 107 Å². The normalized spacial score (nSPS) is 17.5. The second-order valence-electron chi connectivity index (χ2n) is 10.0. The SMILES string of the molecule is Cc1cc(N2C(=S)N[C@H](c3ccccn3)[C@@H]2c2cc(C)n(-c3ccccc3C(F)(F)F)c2C)ccc1NS(C)(=O)=O. The van der Waals surface area contributed by atoms with Crippen LogP contribution >= 0.6 is 12.2 Å². The van der Waals surface area contributed by atoms with E-state index in [0.717, 1.165) is 23.6 Å². The molecule has 1 fully saturated rings. The van der Waals surface area contributed by atoms with Crippen LogP contribution in [0.1, 0.15) is 45.9 Å². The van der Waals surface area contributed by atoms with Gasteiger partial charge in [-0.3, -0.25) is 9.71 Å². The van der Waals surface area contributed by atoms with Crippen LogP contribution in [0.5, 0.6) is 0 Å². The number of pyridine rings is 1. The fourth-order valence-corrected chi connectivity index (χ4v) is 6.40. The van der Waals surface area contributed by atoms with Crippen molar-refractivity contribution in [1.29, 1.82) is 0 Å². The molecule has 3 heterocycles. The second kappa shape index (κ2) is 10.5. The summed E-state index contributed by atoms with van der Waals surface area (Å²) in [6.07, 6.45) is -1.77. The van der Waals surface area contributed by atoms with Gasteiger partial charge in [-0.15, -0.1) is 0 Å². The van der Waals surface area contributed by atoms with Crippen LogP contribution in [-0.2, 0) is 16.2 Å². The Kier molecular flexibility index (Phi) is 7.33. The molecule has 4 aromatic rings. The van der Waals surface area contributed by atoms with Crippen molar-refractivity contribution >= 4 is 38.7 Å². The van der Waals surface area contributed by atoms with Gasteiger partial charge in [-0.2, -0.15) is 13.2 Å². The number of rotatable bonds is 6. The molecule has 41 heavy (non-hydrogen) atoms. The first-order valence-electron chi connectivity index (χ1n) is 12.7. The molecule has 0 spiro atoms. The minimum Gasteiger partial charge on any atom is -0.351 e. The Bertz CT molecular complexity index is 1740. The van der Waals surface area contributed by atoms with E-state index in [1.54, 1.807) is 55.8 Å². The predicted octanol–water partition coefficient (Wildman–Crippen LogP) is 6.36. The molecule has 1 aliphatic rings. The maximum Gasteiger partial charge on any atom is 0.418 e. The zero-order valence-electron chi connectivity index (χ0n) is 22.7. The molecule has 1 saturated heterocycles. The van der Waals surface area contributed by atoms with Crippen molar-refractivity contribution in [3.8, 4) is 5.69 Å². The van der Waals surface area contributed by atoms with Crippen molar-refractivity contribution in [2.75, 3.05) is 15.9 Å². The van der Waals surface area contributed by atoms with Gasteiger partial charge in [0.25, 0.3) is 0 Å². The molecule has 0 amide bonds. The Morgan fingerprint density at radius 1 is 1.00 bits per heavy atom. The number of anilines is 2. The van der Waals surface area contributed by atoms with E-state index in [1.807, 2.05) is 29.2 Å². The molecular weight excluding hydrogens is 571 g/mol. The number of aryl methyl sites for hydroxylation is 2. The molecule has 214 valence electrons. The first-order chi connectivity index (χ1) is 19.3. The number of nitrogens with zero attached hydrogens (tertiary/aromatic N) is 3. The minimum atomic E-state index is -4.53. The number of sulfonamides is 1. The van der Waals surface area contributed by atoms with Crippen LogP contribution in [0.3, 0.4) is 0 Å². The first-order valence-corrected chi connectivity index (χ1v) is 15.0. The minimum absolute atomic E-state index is 0.0442. The first kappa shape index (κ1) is 28.6. The summed E-state index contributed by atoms with van der Waals surface area (Å²) in [6, 6.07) is 17.3. The van der Waals surface area contributed by atoms with Gasteiger partial charge >= 0.3 is 6.18 Å². The summed E-state index contributed by atoms with van der Waals surface area (Å²) in [6.45, 7) is 5.36. The molecule has 5 rings (SSSR count). The van der Waals surface area contributed by atoms with Crippen molar-refractivity contribution < 1.29 is 21.6 Å². The third-order valence-corrected chi connectivity index (χ3v) is 8.03. The summed E-state index contributed by atoms with van der Waals surface area (Å²) in [4.78, 5) is 6.46. The number of para-hydroxylation sites is 1. The predicted molar refractivity (Wildman–Crippen MR) is 158 cm³/mol. The fraction of sp³-hybridized carbons (Fsp3) is 0.241. The highest BCUT2D eigenvalue weighted by Gasteiger charge is 2.43. The van der Waals surface area contributed by atoms with E-state index in [9.17, 15) is 21.6 Å². The van der Waals surface area contributed by atoms with E-state index in [0.29, 0.717) is 33.4 Å². The molecule has 2 atom stereocenters. The molecule has 0 bridgehead atoms. The van der Waals surface area contributed by atoms with Crippen LogP contribution in [0, 0.1) is 20.8 Å². The number of nitrogens with one attached hydrogen (secondary N) is 2. The van der Waals surface area contributed by atoms with E-state index in [-0.39, 0.29) is 5.69 Å². The van der Waals surface area contributed by atoms with Gasteiger partial charge in [0.1, 0.15) is 0 Å². The maximum absolute atomic E-state index is 14.0. The highest BCUT2D eigenvalue weighted by molar-refractivity contribution is 7.92. The van der Waals surface area contributed by atoms with Gasteiger partial charge in [0.05, 0.1) is 41.0 Å². The lowest BCUT2D eigenvalue weighted by molar-refractivity contribution is -0.137. The average molecular weight is 600 g/mol. The van der Waals surface area contributed by atoms with E-state index >= 15 is 0 Å². The summed E-state index contributed by atoms with van der Waals surface area (Å²) in [5.74, 6) is 0. The number of aromatic nitrogens is 2. The lowest BCUT2D eigenvalue weighted by Gasteiger charge is -2.29. The monoisotopic (exact) mass is 599 g/mol. The van der Waals surface area contributed by atoms with Crippen molar-refractivity contribution in [2.45, 2.75) is 39.0 Å². The third-order valence-electron chi connectivity index (χ3n) is 7.12. The Morgan fingerprint density at radius 2 is 1.71 bits per heavy atom. The largest absolute Gasteiger partial charge is 0.418 e. The van der Waals surface area contributed by atoms with Crippen molar-refractivity contribution in [1.82, 2.24) is 14.9 Å². The summed E-state index contributed by atoms with van der Waals surface area (Å²) in [5, 5.41) is 3.78. The number of thiocarbonyl (C=S) groups is 1. The molecular formula is C29H28F3N5O2S2. The third kappa shape index (κ3) is 5.53. The van der Waals surface area contributed by atoms with Crippen LogP contribution < -0.4 is 14.9 Å². The molecule has 0 unspecified atom stereocenters. The Morgan fingerprint density at radius 3 is 2.34 bits per heavy atom. The Labute approximate surface area is 242 Å². The molecule has 0 aliphatic carbocycles. The highest BCUT2D eigenvalue weighted by Crippen LogP contribution is 2.45. The quantitative estimate of drug-likeness (QED) is 0.251. The molecule has 0 saturated carbocycles. The van der Waals surface area contributed by atoms with Gasteiger partial charge in [0, 0.05) is 23.3 Å². The van der Waals surface area contributed by atoms with Gasteiger partial charge in [0.2, 0.25) is 10.0 Å². The molecule has 1 aliphatic heterocycles. The van der Waals surface area contributed by atoms with Gasteiger partial charge in [-0.1, -0.05) is 18.2 Å².